The molecule has 0 aromatic heterocycles. The van der Waals surface area contributed by atoms with E-state index in [0.29, 0.717) is 10.0 Å². The monoisotopic (exact) mass is 899 g/mol. The maximum Gasteiger partial charge on any atom is 0.490 e. The van der Waals surface area contributed by atoms with Crippen molar-refractivity contribution in [2.45, 2.75) is 74.0 Å². The van der Waals surface area contributed by atoms with E-state index < -0.39 is 162 Å². The molecule has 36 nitrogen and oxygen atoms in total. The number of fused-ring (bicyclic) bond motifs is 1. The predicted octanol–water partition coefficient (Wildman–Crippen LogP) is -8.04. The number of nitrogens with zero attached hydrogens (tertiary/aromatic N) is 15. The summed E-state index contributed by atoms with van der Waals surface area (Å²) in [5.41, 5.74) is 0. The molecule has 14 aliphatic heterocycles. The van der Waals surface area contributed by atoms with Crippen molar-refractivity contribution in [3.63, 3.8) is 0 Å². The fraction of sp³-hybridized carbons (Fsp3) is 0.679. The molecule has 0 saturated carbocycles. The Morgan fingerprint density at radius 1 is 0.406 bits per heavy atom. The third-order valence-electron chi connectivity index (χ3n) is 13.9. The van der Waals surface area contributed by atoms with E-state index in [1.54, 1.807) is 0 Å². The molecule has 14 saturated heterocycles. The van der Waals surface area contributed by atoms with E-state index in [0.717, 1.165) is 39.2 Å². The van der Waals surface area contributed by atoms with Gasteiger partial charge in [-0.15, -0.1) is 0 Å². The zero-order chi connectivity index (χ0) is 44.1. The minimum Gasteiger partial charge on any atom is -0.314 e. The first-order valence-electron chi connectivity index (χ1n) is 20.0. The van der Waals surface area contributed by atoms with Gasteiger partial charge in [0.05, 0.1) is 41.2 Å². The largest absolute Gasteiger partial charge is 0.490 e. The lowest BCUT2D eigenvalue weighted by Gasteiger charge is -2.34. The Labute approximate surface area is 354 Å². The van der Waals surface area contributed by atoms with Crippen molar-refractivity contribution in [3.05, 3.63) is 14.7 Å². The van der Waals surface area contributed by atoms with Crippen LogP contribution >= 0.6 is 0 Å². The molecular weight excluding hydrogens is 864 g/mol. The molecular formula is C28H35N24O12+3. The van der Waals surface area contributed by atoms with Gasteiger partial charge in [0.2, 0.25) is 23.4 Å². The third kappa shape index (κ3) is 4.34. The van der Waals surface area contributed by atoms with Gasteiger partial charge in [0.25, 0.3) is 6.67 Å². The highest BCUT2D eigenvalue weighted by molar-refractivity contribution is 5.98. The number of urea groups is 9. The molecule has 12 unspecified atom stereocenters. The van der Waals surface area contributed by atoms with Crippen LogP contribution in [0.2, 0.25) is 0 Å². The van der Waals surface area contributed by atoms with Crippen LogP contribution in [0.25, 0.3) is 0 Å². The first kappa shape index (κ1) is 36.9. The highest BCUT2D eigenvalue weighted by Gasteiger charge is 2.73. The van der Waals surface area contributed by atoms with Crippen LogP contribution in [0.1, 0.15) is 0 Å². The Bertz CT molecular complexity index is 2390. The molecule has 18 amide bonds. The van der Waals surface area contributed by atoms with Gasteiger partial charge in [0.15, 0.2) is 35.7 Å². The van der Waals surface area contributed by atoms with Crippen molar-refractivity contribution in [2.75, 3.05) is 46.7 Å². The Morgan fingerprint density at radius 3 is 1.56 bits per heavy atom. The molecule has 14 fully saturated rings. The van der Waals surface area contributed by atoms with E-state index in [9.17, 15) is 57.9 Å². The lowest BCUT2D eigenvalue weighted by atomic mass is 10.3. The summed E-state index contributed by atoms with van der Waals surface area (Å²) in [5.74, 6) is 0. The van der Waals surface area contributed by atoms with E-state index in [1.165, 1.54) is 9.80 Å². The smallest absolute Gasteiger partial charge is 0.314 e. The Hall–Kier alpha value is -7.73. The zero-order valence-corrected chi connectivity index (χ0v) is 32.5. The lowest BCUT2D eigenvalue weighted by molar-refractivity contribution is -0.855. The summed E-state index contributed by atoms with van der Waals surface area (Å²) in [4.78, 5) is 179. The van der Waals surface area contributed by atoms with E-state index in [-0.39, 0.29) is 27.8 Å². The second-order valence-corrected chi connectivity index (χ2v) is 16.8. The number of hydrazine groups is 2. The van der Waals surface area contributed by atoms with Crippen LogP contribution in [0, 0.1) is 14.7 Å². The number of rotatable bonds is 0. The normalized spacial score (nSPS) is 39.5. The lowest BCUT2D eigenvalue weighted by Crippen LogP contribution is -2.69. The standard InChI is InChI=1S/C28H32N24O12/c53-20-34-11-16-38(20)2-30-9-15-47(62)7-46-19-14(36-22(46)55)45(28(61)50(19)52(15)64)6-43-13-18-41(26(43)59)4-32-10(51(63)49(18)24(57)37-13)8-29-1-39-17-12(35-21(39)54)44(27(60)48(17)23(56)33-8)5-42(11)25(58)40(16)3-31-9/h8-19,29-32H,1-7H2,(H2-3,33,34,35,36,37,53,54,55,56,57)/p+3. The molecule has 0 spiro atoms. The van der Waals surface area contributed by atoms with Gasteiger partial charge < -0.3 is 26.6 Å². The summed E-state index contributed by atoms with van der Waals surface area (Å²) >= 11 is 0. The van der Waals surface area contributed by atoms with Crippen molar-refractivity contribution in [1.82, 2.24) is 107 Å². The Balaban J connectivity index is 0.914. The summed E-state index contributed by atoms with van der Waals surface area (Å²) in [5, 5.41) is 26.2. The molecule has 14 aliphatic rings. The molecule has 14 rings (SSSR count). The van der Waals surface area contributed by atoms with E-state index in [4.69, 9.17) is 0 Å². The number of imide groups is 1. The van der Waals surface area contributed by atoms with Gasteiger partial charge in [0, 0.05) is 4.91 Å². The highest BCUT2D eigenvalue weighted by Crippen LogP contribution is 2.38. The zero-order valence-electron chi connectivity index (χ0n) is 32.5. The highest BCUT2D eigenvalue weighted by atomic mass is 16.4. The fourth-order valence-electron chi connectivity index (χ4n) is 11.0. The van der Waals surface area contributed by atoms with Gasteiger partial charge >= 0.3 is 66.6 Å². The average Bonchev–Trinajstić information content (AvgIpc) is 4.06. The third-order valence-corrected chi connectivity index (χ3v) is 13.9. The molecule has 0 aliphatic carbocycles. The van der Waals surface area contributed by atoms with E-state index in [1.807, 2.05) is 0 Å². The van der Waals surface area contributed by atoms with Crippen LogP contribution in [0.3, 0.4) is 0 Å². The molecule has 14 heterocycles. The van der Waals surface area contributed by atoms with Crippen LogP contribution in [-0.2, 0) is 0 Å². The maximum absolute atomic E-state index is 14.6. The minimum atomic E-state index is -1.89. The number of nitroso groups, excluding NO2 is 3. The summed E-state index contributed by atoms with van der Waals surface area (Å²) in [6.07, 6.45) is -16.4. The number of hydrogen-bond acceptors (Lipinski definition) is 16. The van der Waals surface area contributed by atoms with Crippen LogP contribution < -0.4 is 47.9 Å². The first-order valence-corrected chi connectivity index (χ1v) is 20.0. The van der Waals surface area contributed by atoms with Gasteiger partial charge in [-0.1, -0.05) is 0 Å². The van der Waals surface area contributed by atoms with Crippen molar-refractivity contribution in [1.29, 1.82) is 0 Å². The number of carbonyl (C=O) groups is 9. The molecule has 336 valence electrons. The predicted molar refractivity (Wildman–Crippen MR) is 189 cm³/mol. The summed E-state index contributed by atoms with van der Waals surface area (Å²) in [7, 11) is 0. The number of carbonyl (C=O) groups excluding carboxylic acids is 9. The minimum absolute atomic E-state index is 0.0747. The van der Waals surface area contributed by atoms with Crippen molar-refractivity contribution in [3.8, 4) is 0 Å². The van der Waals surface area contributed by atoms with E-state index in [2.05, 4.69) is 47.9 Å². The molecule has 0 radical (unpaired) electrons. The SMILES string of the molecule is O=C1NC2C3N1CNC1NCN3C(=O)N2CN2C(=O)N3C(=O)NC(NCN4C(=O)NC2C43)C2NCN3C(=O)N(CN4C(=O)N5C6C4NC(=O)N6C[N+](=O)C1[N+]5=O)C1NC(=O)N(C13)[N+]2=O. The molecule has 0 aromatic carbocycles. The molecule has 15 bridgehead atoms. The van der Waals surface area contributed by atoms with Crippen LogP contribution in [0.15, 0.2) is 0 Å². The van der Waals surface area contributed by atoms with Gasteiger partial charge in [-0.3, -0.25) is 55.1 Å². The van der Waals surface area contributed by atoms with Crippen molar-refractivity contribution < 1.29 is 57.6 Å². The maximum atomic E-state index is 14.6. The number of hydrogen-bond donors (Lipinski definition) is 9. The quantitative estimate of drug-likeness (QED) is 0.102. The van der Waals surface area contributed by atoms with Gasteiger partial charge in [-0.25, -0.2) is 58.3 Å². The topological polar surface area (TPSA) is 361 Å². The summed E-state index contributed by atoms with van der Waals surface area (Å²) < 4.78 is 0.250. The van der Waals surface area contributed by atoms with Gasteiger partial charge in [0.1, 0.15) is 25.7 Å². The summed E-state index contributed by atoms with van der Waals surface area (Å²) in [6.45, 7) is -3.60. The van der Waals surface area contributed by atoms with Crippen LogP contribution in [-0.4, -0.2) is 248 Å². The molecule has 36 heteroatoms. The Kier molecular flexibility index (Phi) is 6.94. The van der Waals surface area contributed by atoms with Crippen molar-refractivity contribution in [2.24, 2.45) is 0 Å². The number of amides is 18. The molecule has 9 N–H and O–H groups in total. The van der Waals surface area contributed by atoms with Gasteiger partial charge in [-0.05, 0) is 10.0 Å². The molecule has 12 atom stereocenters. The van der Waals surface area contributed by atoms with Gasteiger partial charge in [-0.2, -0.15) is 0 Å². The van der Waals surface area contributed by atoms with E-state index >= 15 is 0 Å². The second-order valence-electron chi connectivity index (χ2n) is 16.8. The van der Waals surface area contributed by atoms with Crippen LogP contribution in [0.5, 0.6) is 0 Å². The van der Waals surface area contributed by atoms with Crippen LogP contribution in [0.4, 0.5) is 43.2 Å². The number of nitrogens with one attached hydrogen (secondary N) is 9. The fourth-order valence-corrected chi connectivity index (χ4v) is 11.0. The molecule has 64 heavy (non-hydrogen) atoms. The average molecular weight is 900 g/mol. The first-order chi connectivity index (χ1) is 30.7. The summed E-state index contributed by atoms with van der Waals surface area (Å²) in [6, 6.07) is -7.90. The second kappa shape index (κ2) is 12.0. The molecule has 0 aromatic rings. The Morgan fingerprint density at radius 2 is 0.891 bits per heavy atom. The van der Waals surface area contributed by atoms with Crippen molar-refractivity contribution >= 4 is 54.3 Å².